The van der Waals surface area contributed by atoms with Gasteiger partial charge in [-0.05, 0) is 30.7 Å². The van der Waals surface area contributed by atoms with Gasteiger partial charge in [-0.1, -0.05) is 72.4 Å². The van der Waals surface area contributed by atoms with Crippen LogP contribution in [-0.2, 0) is 5.75 Å². The van der Waals surface area contributed by atoms with E-state index in [1.807, 2.05) is 73.7 Å². The van der Waals surface area contributed by atoms with Gasteiger partial charge in [-0.15, -0.1) is 10.2 Å². The summed E-state index contributed by atoms with van der Waals surface area (Å²) in [6.07, 6.45) is -0.483. The van der Waals surface area contributed by atoms with Crippen molar-refractivity contribution < 1.29 is 9.47 Å². The number of fused-ring (bicyclic) bond motifs is 3. The van der Waals surface area contributed by atoms with Crippen molar-refractivity contribution in [2.45, 2.75) is 24.1 Å². The smallest absolute Gasteiger partial charge is 0.247 e. The van der Waals surface area contributed by atoms with E-state index in [0.717, 1.165) is 28.3 Å². The van der Waals surface area contributed by atoms with Crippen molar-refractivity contribution in [2.24, 2.45) is 0 Å². The molecule has 6 nitrogen and oxygen atoms in total. The second-order valence-corrected chi connectivity index (χ2v) is 8.12. The molecule has 0 saturated heterocycles. The molecule has 1 N–H and O–H groups in total. The van der Waals surface area contributed by atoms with E-state index in [9.17, 15) is 0 Å². The highest BCUT2D eigenvalue weighted by Crippen LogP contribution is 2.41. The number of hydrogen-bond acceptors (Lipinski definition) is 7. The molecule has 32 heavy (non-hydrogen) atoms. The molecule has 0 amide bonds. The van der Waals surface area contributed by atoms with E-state index >= 15 is 0 Å². The first-order valence-corrected chi connectivity index (χ1v) is 11.5. The largest absolute Gasteiger partial charge is 0.493 e. The Bertz CT molecular complexity index is 1220. The summed E-state index contributed by atoms with van der Waals surface area (Å²) in [4.78, 5) is 4.72. The van der Waals surface area contributed by atoms with Gasteiger partial charge < -0.3 is 14.8 Å². The lowest BCUT2D eigenvalue weighted by Gasteiger charge is -2.21. The third kappa shape index (κ3) is 4.24. The second kappa shape index (κ2) is 9.28. The number of thioether (sulfide) groups is 1. The first-order valence-electron chi connectivity index (χ1n) is 10.5. The molecule has 1 aliphatic rings. The number of para-hydroxylation sites is 2. The Labute approximate surface area is 191 Å². The van der Waals surface area contributed by atoms with Gasteiger partial charge in [0.25, 0.3) is 0 Å². The molecule has 0 unspecified atom stereocenters. The Morgan fingerprint density at radius 1 is 0.938 bits per heavy atom. The van der Waals surface area contributed by atoms with E-state index in [0.29, 0.717) is 23.3 Å². The molecular formula is C25H22N4O2S. The van der Waals surface area contributed by atoms with Crippen LogP contribution in [0.3, 0.4) is 0 Å². The molecule has 0 fully saturated rings. The van der Waals surface area contributed by atoms with Crippen LogP contribution < -0.4 is 14.8 Å². The van der Waals surface area contributed by atoms with Gasteiger partial charge >= 0.3 is 0 Å². The van der Waals surface area contributed by atoms with Gasteiger partial charge in [-0.25, -0.2) is 0 Å². The Balaban J connectivity index is 1.51. The zero-order valence-electron chi connectivity index (χ0n) is 17.6. The minimum Gasteiger partial charge on any atom is -0.493 e. The SMILES string of the molecule is CCOc1ccccc1[C@@H]1Nc2ccccc2-c2nnc(SCc3ccccc3)nc2O1. The third-order valence-corrected chi connectivity index (χ3v) is 5.95. The average Bonchev–Trinajstić information content (AvgIpc) is 3.00. The highest BCUT2D eigenvalue weighted by atomic mass is 32.2. The van der Waals surface area contributed by atoms with Gasteiger partial charge in [0, 0.05) is 17.0 Å². The number of aromatic nitrogens is 3. The Hall–Kier alpha value is -3.58. The predicted molar refractivity (Wildman–Crippen MR) is 126 cm³/mol. The van der Waals surface area contributed by atoms with Gasteiger partial charge in [-0.3, -0.25) is 0 Å². The van der Waals surface area contributed by atoms with Crippen LogP contribution in [0.15, 0.2) is 84.0 Å². The lowest BCUT2D eigenvalue weighted by atomic mass is 10.1. The molecule has 1 aliphatic heterocycles. The van der Waals surface area contributed by atoms with Crippen molar-refractivity contribution in [2.75, 3.05) is 11.9 Å². The predicted octanol–water partition coefficient (Wildman–Crippen LogP) is 5.73. The highest BCUT2D eigenvalue weighted by Gasteiger charge is 2.27. The Kier molecular flexibility index (Phi) is 5.89. The van der Waals surface area contributed by atoms with Gasteiger partial charge in [0.05, 0.1) is 12.2 Å². The molecule has 1 atom stereocenters. The lowest BCUT2D eigenvalue weighted by molar-refractivity contribution is 0.217. The number of nitrogens with zero attached hydrogens (tertiary/aromatic N) is 3. The van der Waals surface area contributed by atoms with Crippen molar-refractivity contribution in [1.82, 2.24) is 15.2 Å². The van der Waals surface area contributed by atoms with Crippen LogP contribution in [0.25, 0.3) is 11.3 Å². The summed E-state index contributed by atoms with van der Waals surface area (Å²) in [5.74, 6) is 1.98. The number of anilines is 1. The third-order valence-electron chi connectivity index (χ3n) is 5.05. The first kappa shape index (κ1) is 20.3. The number of hydrogen-bond donors (Lipinski definition) is 1. The number of benzene rings is 3. The summed E-state index contributed by atoms with van der Waals surface area (Å²) in [6, 6.07) is 26.0. The van der Waals surface area contributed by atoms with Crippen LogP contribution in [0, 0.1) is 0 Å². The maximum absolute atomic E-state index is 6.39. The molecule has 0 bridgehead atoms. The highest BCUT2D eigenvalue weighted by molar-refractivity contribution is 7.98. The summed E-state index contributed by atoms with van der Waals surface area (Å²) < 4.78 is 12.2. The molecular weight excluding hydrogens is 420 g/mol. The molecule has 0 saturated carbocycles. The van der Waals surface area contributed by atoms with Crippen LogP contribution in [-0.4, -0.2) is 21.8 Å². The zero-order valence-corrected chi connectivity index (χ0v) is 18.4. The van der Waals surface area contributed by atoms with Crippen molar-refractivity contribution >= 4 is 17.4 Å². The molecule has 5 rings (SSSR count). The van der Waals surface area contributed by atoms with E-state index in [4.69, 9.17) is 14.5 Å². The summed E-state index contributed by atoms with van der Waals surface area (Å²) >= 11 is 1.53. The minimum absolute atomic E-state index is 0.448. The van der Waals surface area contributed by atoms with E-state index in [1.165, 1.54) is 17.3 Å². The quantitative estimate of drug-likeness (QED) is 0.382. The van der Waals surface area contributed by atoms with Gasteiger partial charge in [-0.2, -0.15) is 4.98 Å². The fourth-order valence-electron chi connectivity index (χ4n) is 3.56. The van der Waals surface area contributed by atoms with E-state index in [-0.39, 0.29) is 0 Å². The molecule has 0 spiro atoms. The monoisotopic (exact) mass is 442 g/mol. The Morgan fingerprint density at radius 3 is 2.59 bits per heavy atom. The molecule has 4 aromatic rings. The lowest BCUT2D eigenvalue weighted by Crippen LogP contribution is -2.18. The van der Waals surface area contributed by atoms with E-state index < -0.39 is 6.23 Å². The fourth-order valence-corrected chi connectivity index (χ4v) is 4.29. The van der Waals surface area contributed by atoms with Crippen LogP contribution in [0.1, 0.15) is 24.3 Å². The first-order chi connectivity index (χ1) is 15.8. The molecule has 0 aliphatic carbocycles. The van der Waals surface area contributed by atoms with Crippen molar-refractivity contribution in [3.8, 4) is 22.9 Å². The summed E-state index contributed by atoms with van der Waals surface area (Å²) in [6.45, 7) is 2.54. The molecule has 0 radical (unpaired) electrons. The summed E-state index contributed by atoms with van der Waals surface area (Å²) in [5.41, 5.74) is 4.52. The Morgan fingerprint density at radius 2 is 1.72 bits per heavy atom. The van der Waals surface area contributed by atoms with Crippen LogP contribution in [0.4, 0.5) is 5.69 Å². The van der Waals surface area contributed by atoms with Crippen LogP contribution in [0.2, 0.25) is 0 Å². The number of ether oxygens (including phenoxy) is 2. The van der Waals surface area contributed by atoms with Crippen LogP contribution in [0.5, 0.6) is 11.6 Å². The molecule has 1 aromatic heterocycles. The normalized spacial score (nSPS) is 14.3. The summed E-state index contributed by atoms with van der Waals surface area (Å²) in [7, 11) is 0. The summed E-state index contributed by atoms with van der Waals surface area (Å²) in [5, 5.41) is 12.9. The van der Waals surface area contributed by atoms with E-state index in [1.54, 1.807) is 0 Å². The van der Waals surface area contributed by atoms with Gasteiger partial charge in [0.1, 0.15) is 5.75 Å². The number of rotatable bonds is 6. The zero-order chi connectivity index (χ0) is 21.8. The average molecular weight is 443 g/mol. The molecule has 160 valence electrons. The molecule has 3 aromatic carbocycles. The second-order valence-electron chi connectivity index (χ2n) is 7.18. The molecule has 7 heteroatoms. The standard InChI is InChI=1S/C25H22N4O2S/c1-2-30-21-15-9-7-13-19(21)23-26-20-14-8-6-12-18(20)22-24(31-23)27-25(29-28-22)32-16-17-10-4-3-5-11-17/h3-15,23,26H,2,16H2,1H3/t23-/m1/s1. The molecule has 2 heterocycles. The van der Waals surface area contributed by atoms with Gasteiger partial charge in [0.2, 0.25) is 17.3 Å². The van der Waals surface area contributed by atoms with Crippen molar-refractivity contribution in [1.29, 1.82) is 0 Å². The van der Waals surface area contributed by atoms with Gasteiger partial charge in [0.15, 0.2) is 5.69 Å². The minimum atomic E-state index is -0.483. The van der Waals surface area contributed by atoms with E-state index in [2.05, 4.69) is 27.6 Å². The van der Waals surface area contributed by atoms with Crippen molar-refractivity contribution in [3.63, 3.8) is 0 Å². The fraction of sp³-hybridized carbons (Fsp3) is 0.160. The van der Waals surface area contributed by atoms with Crippen LogP contribution >= 0.6 is 11.8 Å². The maximum Gasteiger partial charge on any atom is 0.247 e. The number of nitrogens with one attached hydrogen (secondary N) is 1. The maximum atomic E-state index is 6.39. The van der Waals surface area contributed by atoms with Crippen molar-refractivity contribution in [3.05, 3.63) is 90.0 Å². The topological polar surface area (TPSA) is 69.2 Å².